The molecule has 1 aliphatic heterocycles. The van der Waals surface area contributed by atoms with Crippen LogP contribution in [-0.2, 0) is 6.18 Å². The minimum Gasteiger partial charge on any atom is -0.323 e. The van der Waals surface area contributed by atoms with E-state index in [1.54, 1.807) is 17.3 Å². The Balaban J connectivity index is 1.33. The first-order valence-corrected chi connectivity index (χ1v) is 9.36. The number of alkyl halides is 3. The zero-order chi connectivity index (χ0) is 20.2. The first-order chi connectivity index (χ1) is 13.9. The summed E-state index contributed by atoms with van der Waals surface area (Å²) in [5.74, 6) is 0.460. The number of piperidine rings is 1. The molecule has 2 aromatic carbocycles. The molecule has 148 valence electrons. The van der Waals surface area contributed by atoms with Crippen molar-refractivity contribution < 1.29 is 18.0 Å². The number of urea groups is 1. The largest absolute Gasteiger partial charge is 0.416 e. The van der Waals surface area contributed by atoms with E-state index in [0.717, 1.165) is 29.6 Å². The number of carbonyl (C=O) groups excluding carboxylic acids is 1. The molecule has 2 bridgehead atoms. The van der Waals surface area contributed by atoms with Gasteiger partial charge in [-0.2, -0.15) is 13.2 Å². The fraction of sp³-hybridized carbons (Fsp3) is 0.286. The van der Waals surface area contributed by atoms with Gasteiger partial charge in [0.2, 0.25) is 0 Å². The molecule has 2 heterocycles. The Hall–Kier alpha value is -3.16. The van der Waals surface area contributed by atoms with Gasteiger partial charge >= 0.3 is 12.2 Å². The van der Waals surface area contributed by atoms with E-state index in [-0.39, 0.29) is 17.9 Å². The molecule has 1 unspecified atom stereocenters. The number of carbonyl (C=O) groups is 1. The molecule has 2 amide bonds. The van der Waals surface area contributed by atoms with Gasteiger partial charge in [-0.3, -0.25) is 9.97 Å². The Kier molecular flexibility index (Phi) is 3.97. The second-order valence-corrected chi connectivity index (χ2v) is 7.57. The van der Waals surface area contributed by atoms with Crippen molar-refractivity contribution in [1.82, 2.24) is 14.9 Å². The van der Waals surface area contributed by atoms with Crippen molar-refractivity contribution in [3.8, 4) is 0 Å². The summed E-state index contributed by atoms with van der Waals surface area (Å²) < 4.78 is 38.1. The number of likely N-dealkylation sites (tertiary alicyclic amines) is 1. The van der Waals surface area contributed by atoms with E-state index in [9.17, 15) is 18.0 Å². The topological polar surface area (TPSA) is 58.1 Å². The number of anilines is 1. The van der Waals surface area contributed by atoms with Gasteiger partial charge in [0.25, 0.3) is 0 Å². The van der Waals surface area contributed by atoms with E-state index in [1.165, 1.54) is 23.3 Å². The molecule has 1 aliphatic carbocycles. The fourth-order valence-electron chi connectivity index (χ4n) is 4.41. The van der Waals surface area contributed by atoms with Crippen LogP contribution in [0.3, 0.4) is 0 Å². The van der Waals surface area contributed by atoms with Crippen molar-refractivity contribution in [2.75, 3.05) is 18.4 Å². The Morgan fingerprint density at radius 1 is 0.966 bits per heavy atom. The quantitative estimate of drug-likeness (QED) is 0.643. The maximum absolute atomic E-state index is 12.7. The van der Waals surface area contributed by atoms with Gasteiger partial charge < -0.3 is 10.2 Å². The van der Waals surface area contributed by atoms with Crippen molar-refractivity contribution in [2.45, 2.75) is 24.4 Å². The van der Waals surface area contributed by atoms with E-state index in [2.05, 4.69) is 27.4 Å². The third kappa shape index (κ3) is 3.18. The highest BCUT2D eigenvalue weighted by Crippen LogP contribution is 2.47. The Bertz CT molecular complexity index is 1050. The highest BCUT2D eigenvalue weighted by Gasteiger charge is 2.39. The van der Waals surface area contributed by atoms with Gasteiger partial charge in [0.15, 0.2) is 0 Å². The number of hydrogen-bond acceptors (Lipinski definition) is 3. The number of nitrogens with one attached hydrogen (secondary N) is 1. The zero-order valence-electron chi connectivity index (χ0n) is 15.3. The number of benzene rings is 2. The van der Waals surface area contributed by atoms with Crippen molar-refractivity contribution in [3.63, 3.8) is 0 Å². The van der Waals surface area contributed by atoms with Crippen LogP contribution in [0.25, 0.3) is 11.0 Å². The van der Waals surface area contributed by atoms with Crippen molar-refractivity contribution in [1.29, 1.82) is 0 Å². The van der Waals surface area contributed by atoms with Crippen LogP contribution in [0.5, 0.6) is 0 Å². The first-order valence-electron chi connectivity index (χ1n) is 9.36. The molecule has 1 saturated heterocycles. The molecule has 0 spiro atoms. The molecule has 0 saturated carbocycles. The average Bonchev–Trinajstić information content (AvgIpc) is 2.95. The molecule has 1 fully saturated rings. The Labute approximate surface area is 164 Å². The molecule has 8 heteroatoms. The monoisotopic (exact) mass is 398 g/mol. The van der Waals surface area contributed by atoms with Gasteiger partial charge in [-0.05, 0) is 53.9 Å². The van der Waals surface area contributed by atoms with E-state index in [1.807, 2.05) is 0 Å². The molecule has 5 nitrogen and oxygen atoms in total. The number of rotatable bonds is 1. The van der Waals surface area contributed by atoms with E-state index < -0.39 is 11.7 Å². The fourth-order valence-corrected chi connectivity index (χ4v) is 4.41. The number of halogens is 3. The second kappa shape index (κ2) is 6.43. The lowest BCUT2D eigenvalue weighted by atomic mass is 9.96. The van der Waals surface area contributed by atoms with Crippen molar-refractivity contribution >= 4 is 22.8 Å². The highest BCUT2D eigenvalue weighted by atomic mass is 19.4. The number of hydrogen-bond donors (Lipinski definition) is 1. The van der Waals surface area contributed by atoms with E-state index in [4.69, 9.17) is 0 Å². The summed E-state index contributed by atoms with van der Waals surface area (Å²) in [6.45, 7) is 1.14. The number of aromatic nitrogens is 2. The van der Waals surface area contributed by atoms with Gasteiger partial charge in [-0.25, -0.2) is 4.79 Å². The lowest BCUT2D eigenvalue weighted by molar-refractivity contribution is -0.137. The molecule has 29 heavy (non-hydrogen) atoms. The summed E-state index contributed by atoms with van der Waals surface area (Å²) in [4.78, 5) is 23.2. The van der Waals surface area contributed by atoms with Crippen LogP contribution in [0.4, 0.5) is 23.7 Å². The van der Waals surface area contributed by atoms with Gasteiger partial charge in [0.05, 0.1) is 16.6 Å². The summed E-state index contributed by atoms with van der Waals surface area (Å²) in [7, 11) is 0. The van der Waals surface area contributed by atoms with Crippen LogP contribution in [-0.4, -0.2) is 34.0 Å². The molecule has 5 rings (SSSR count). The molecule has 3 aromatic rings. The standard InChI is InChI=1S/C21H17F3N4O/c22-21(23,24)14-1-3-15(4-2-14)27-20(29)28-10-12-7-13(11-28)17-9-19-18(8-16(12)17)25-5-6-26-19/h1-6,8-9,12-13H,7,10-11H2,(H,27,29)/t12-,13?/m0/s1. The third-order valence-electron chi connectivity index (χ3n) is 5.76. The molecule has 1 N–H and O–H groups in total. The summed E-state index contributed by atoms with van der Waals surface area (Å²) in [6.07, 6.45) is -0.0808. The lowest BCUT2D eigenvalue weighted by Crippen LogP contribution is -2.42. The Morgan fingerprint density at radius 2 is 1.52 bits per heavy atom. The molecule has 2 atom stereocenters. The number of nitrogens with zero attached hydrogens (tertiary/aromatic N) is 3. The summed E-state index contributed by atoms with van der Waals surface area (Å²) >= 11 is 0. The maximum atomic E-state index is 12.7. The molecule has 2 aliphatic rings. The average molecular weight is 398 g/mol. The van der Waals surface area contributed by atoms with E-state index >= 15 is 0 Å². The van der Waals surface area contributed by atoms with Gasteiger partial charge in [0, 0.05) is 43.0 Å². The zero-order valence-corrected chi connectivity index (χ0v) is 15.3. The first kappa shape index (κ1) is 17.9. The van der Waals surface area contributed by atoms with Gasteiger partial charge in [0.1, 0.15) is 0 Å². The van der Waals surface area contributed by atoms with Gasteiger partial charge in [-0.15, -0.1) is 0 Å². The normalized spacial score (nSPS) is 20.6. The van der Waals surface area contributed by atoms with Crippen LogP contribution in [0, 0.1) is 0 Å². The van der Waals surface area contributed by atoms with E-state index in [0.29, 0.717) is 18.8 Å². The molecular formula is C21H17F3N4O. The second-order valence-electron chi connectivity index (χ2n) is 7.57. The van der Waals surface area contributed by atoms with Crippen LogP contribution < -0.4 is 5.32 Å². The maximum Gasteiger partial charge on any atom is 0.416 e. The molecular weight excluding hydrogens is 381 g/mol. The summed E-state index contributed by atoms with van der Waals surface area (Å²) in [6, 6.07) is 8.33. The summed E-state index contributed by atoms with van der Waals surface area (Å²) in [5.41, 5.74) is 3.73. The molecule has 1 aromatic heterocycles. The number of fused-ring (bicyclic) bond motifs is 6. The van der Waals surface area contributed by atoms with Crippen molar-refractivity contribution in [3.05, 3.63) is 65.5 Å². The smallest absolute Gasteiger partial charge is 0.323 e. The van der Waals surface area contributed by atoms with Crippen molar-refractivity contribution in [2.24, 2.45) is 0 Å². The lowest BCUT2D eigenvalue weighted by Gasteiger charge is -2.32. The predicted octanol–water partition coefficient (Wildman–Crippen LogP) is 4.77. The van der Waals surface area contributed by atoms with Crippen LogP contribution in [0.2, 0.25) is 0 Å². The minimum atomic E-state index is -4.40. The highest BCUT2D eigenvalue weighted by molar-refractivity contribution is 5.89. The summed E-state index contributed by atoms with van der Waals surface area (Å²) in [5, 5.41) is 2.71. The van der Waals surface area contributed by atoms with Crippen LogP contribution in [0.15, 0.2) is 48.8 Å². The Morgan fingerprint density at radius 3 is 2.03 bits per heavy atom. The minimum absolute atomic E-state index is 0.230. The molecule has 0 radical (unpaired) electrons. The van der Waals surface area contributed by atoms with Gasteiger partial charge in [-0.1, -0.05) is 0 Å². The van der Waals surface area contributed by atoms with Crippen LogP contribution >= 0.6 is 0 Å². The third-order valence-corrected chi connectivity index (χ3v) is 5.76. The van der Waals surface area contributed by atoms with Crippen LogP contribution in [0.1, 0.15) is 34.9 Å². The number of amides is 2. The SMILES string of the molecule is O=C(Nc1ccc(C(F)(F)F)cc1)N1CC2C[C@@H](C1)c1cc3nccnc3cc12. The predicted molar refractivity (Wildman–Crippen MR) is 102 cm³/mol.